The average Bonchev–Trinajstić information content (AvgIpc) is 3.19. The van der Waals surface area contributed by atoms with Crippen molar-refractivity contribution >= 4 is 10.0 Å². The van der Waals surface area contributed by atoms with Crippen LogP contribution >= 0.6 is 0 Å². The summed E-state index contributed by atoms with van der Waals surface area (Å²) in [6.45, 7) is 2.37. The standard InChI is InChI=1S/C19H20N4O3S/c1-14-7-9-16(10-8-14)27(24,25)23-12-3-2-6-17(23)19-22-21-18(26-19)15-5-4-11-20-13-15/h4-5,7-11,13,17H,2-3,6,12H2,1H3/t17-/m0/s1. The van der Waals surface area contributed by atoms with Gasteiger partial charge >= 0.3 is 0 Å². The van der Waals surface area contributed by atoms with Gasteiger partial charge in [-0.05, 0) is 44.0 Å². The molecule has 0 amide bonds. The zero-order valence-electron chi connectivity index (χ0n) is 14.9. The summed E-state index contributed by atoms with van der Waals surface area (Å²) in [6.07, 6.45) is 5.68. The quantitative estimate of drug-likeness (QED) is 0.685. The van der Waals surface area contributed by atoms with Gasteiger partial charge in [0.1, 0.15) is 6.04 Å². The molecule has 1 atom stereocenters. The number of nitrogens with zero attached hydrogens (tertiary/aromatic N) is 4. The van der Waals surface area contributed by atoms with Crippen LogP contribution in [0.15, 0.2) is 58.1 Å². The molecule has 3 aromatic rings. The molecule has 0 N–H and O–H groups in total. The van der Waals surface area contributed by atoms with Crippen molar-refractivity contribution in [1.82, 2.24) is 19.5 Å². The molecule has 0 spiro atoms. The van der Waals surface area contributed by atoms with E-state index >= 15 is 0 Å². The van der Waals surface area contributed by atoms with Gasteiger partial charge in [0, 0.05) is 18.9 Å². The maximum atomic E-state index is 13.2. The van der Waals surface area contributed by atoms with Gasteiger partial charge in [-0.1, -0.05) is 24.1 Å². The molecule has 4 rings (SSSR count). The Morgan fingerprint density at radius 3 is 2.67 bits per heavy atom. The second-order valence-electron chi connectivity index (χ2n) is 6.63. The van der Waals surface area contributed by atoms with E-state index in [-0.39, 0.29) is 4.90 Å². The number of piperidine rings is 1. The molecule has 0 radical (unpaired) electrons. The molecule has 1 aliphatic rings. The van der Waals surface area contributed by atoms with E-state index in [9.17, 15) is 8.42 Å². The van der Waals surface area contributed by atoms with Gasteiger partial charge < -0.3 is 4.42 Å². The number of rotatable bonds is 4. The van der Waals surface area contributed by atoms with Crippen LogP contribution in [-0.4, -0.2) is 34.4 Å². The number of aromatic nitrogens is 3. The Bertz CT molecular complexity index is 1020. The fourth-order valence-electron chi connectivity index (χ4n) is 3.26. The Kier molecular flexibility index (Phi) is 4.75. The Balaban J connectivity index is 1.67. The van der Waals surface area contributed by atoms with E-state index in [2.05, 4.69) is 15.2 Å². The van der Waals surface area contributed by atoms with Crippen LogP contribution in [0.2, 0.25) is 0 Å². The van der Waals surface area contributed by atoms with Gasteiger partial charge in [0.2, 0.25) is 21.8 Å². The van der Waals surface area contributed by atoms with Crippen LogP contribution in [-0.2, 0) is 10.0 Å². The van der Waals surface area contributed by atoms with Crippen molar-refractivity contribution < 1.29 is 12.8 Å². The highest BCUT2D eigenvalue weighted by molar-refractivity contribution is 7.89. The lowest BCUT2D eigenvalue weighted by atomic mass is 10.1. The van der Waals surface area contributed by atoms with E-state index in [1.807, 2.05) is 13.0 Å². The van der Waals surface area contributed by atoms with Crippen molar-refractivity contribution in [3.05, 3.63) is 60.2 Å². The topological polar surface area (TPSA) is 89.2 Å². The van der Waals surface area contributed by atoms with Gasteiger partial charge in [0.25, 0.3) is 0 Å². The van der Waals surface area contributed by atoms with Gasteiger partial charge in [-0.3, -0.25) is 4.98 Å². The largest absolute Gasteiger partial charge is 0.419 e. The van der Waals surface area contributed by atoms with Gasteiger partial charge in [-0.25, -0.2) is 8.42 Å². The number of pyridine rings is 1. The zero-order valence-corrected chi connectivity index (χ0v) is 15.8. The normalized spacial score (nSPS) is 18.5. The van der Waals surface area contributed by atoms with Crippen molar-refractivity contribution in [3.8, 4) is 11.5 Å². The number of aryl methyl sites for hydroxylation is 1. The minimum atomic E-state index is -3.64. The minimum Gasteiger partial charge on any atom is -0.419 e. The molecule has 0 unspecified atom stereocenters. The van der Waals surface area contributed by atoms with Gasteiger partial charge in [0.15, 0.2) is 0 Å². The Morgan fingerprint density at radius 2 is 1.93 bits per heavy atom. The summed E-state index contributed by atoms with van der Waals surface area (Å²) in [6, 6.07) is 10.1. The number of sulfonamides is 1. The predicted octanol–water partition coefficient (Wildman–Crippen LogP) is 3.36. The van der Waals surface area contributed by atoms with Crippen molar-refractivity contribution in [2.45, 2.75) is 37.1 Å². The summed E-state index contributed by atoms with van der Waals surface area (Å²) in [5, 5.41) is 8.22. The van der Waals surface area contributed by atoms with Gasteiger partial charge in [-0.2, -0.15) is 4.31 Å². The molecule has 2 aromatic heterocycles. The third-order valence-electron chi connectivity index (χ3n) is 4.72. The third-order valence-corrected chi connectivity index (χ3v) is 6.64. The van der Waals surface area contributed by atoms with Crippen molar-refractivity contribution in [1.29, 1.82) is 0 Å². The molecular weight excluding hydrogens is 364 g/mol. The predicted molar refractivity (Wildman–Crippen MR) is 99.2 cm³/mol. The smallest absolute Gasteiger partial charge is 0.249 e. The van der Waals surface area contributed by atoms with E-state index in [0.717, 1.165) is 18.4 Å². The molecule has 0 aliphatic carbocycles. The van der Waals surface area contributed by atoms with Crippen molar-refractivity contribution in [3.63, 3.8) is 0 Å². The summed E-state index contributed by atoms with van der Waals surface area (Å²) in [5.41, 5.74) is 1.72. The molecule has 1 fully saturated rings. The summed E-state index contributed by atoms with van der Waals surface area (Å²) in [4.78, 5) is 4.33. The lowest BCUT2D eigenvalue weighted by Gasteiger charge is -2.32. The molecule has 0 bridgehead atoms. The van der Waals surface area contributed by atoms with E-state index < -0.39 is 16.1 Å². The molecule has 0 saturated carbocycles. The fraction of sp³-hybridized carbons (Fsp3) is 0.316. The first-order valence-electron chi connectivity index (χ1n) is 8.88. The Morgan fingerprint density at radius 1 is 1.11 bits per heavy atom. The van der Waals surface area contributed by atoms with Crippen LogP contribution in [0.5, 0.6) is 0 Å². The molecule has 7 nitrogen and oxygen atoms in total. The summed E-state index contributed by atoms with van der Waals surface area (Å²) in [5.74, 6) is 0.667. The fourth-order valence-corrected chi connectivity index (χ4v) is 4.91. The van der Waals surface area contributed by atoms with Crippen LogP contribution in [0.1, 0.15) is 36.8 Å². The Hall–Kier alpha value is -2.58. The van der Waals surface area contributed by atoms with Crippen molar-refractivity contribution in [2.24, 2.45) is 0 Å². The van der Waals surface area contributed by atoms with E-state index in [4.69, 9.17) is 4.42 Å². The second kappa shape index (κ2) is 7.21. The van der Waals surface area contributed by atoms with Crippen LogP contribution in [0.3, 0.4) is 0 Å². The summed E-state index contributed by atoms with van der Waals surface area (Å²) < 4.78 is 33.7. The van der Waals surface area contributed by atoms with Gasteiger partial charge in [0.05, 0.1) is 10.5 Å². The first-order chi connectivity index (χ1) is 13.1. The van der Waals surface area contributed by atoms with Crippen LogP contribution in [0.25, 0.3) is 11.5 Å². The van der Waals surface area contributed by atoms with Gasteiger partial charge in [-0.15, -0.1) is 10.2 Å². The third kappa shape index (κ3) is 3.50. The minimum absolute atomic E-state index is 0.284. The molecule has 8 heteroatoms. The molecule has 27 heavy (non-hydrogen) atoms. The molecule has 3 heterocycles. The number of hydrogen-bond donors (Lipinski definition) is 0. The van der Waals surface area contributed by atoms with Crippen LogP contribution < -0.4 is 0 Å². The maximum absolute atomic E-state index is 13.2. The van der Waals surface area contributed by atoms with Crippen molar-refractivity contribution in [2.75, 3.05) is 6.54 Å². The molecule has 1 aliphatic heterocycles. The maximum Gasteiger partial charge on any atom is 0.249 e. The first-order valence-corrected chi connectivity index (χ1v) is 10.3. The highest BCUT2D eigenvalue weighted by Gasteiger charge is 2.37. The summed E-state index contributed by atoms with van der Waals surface area (Å²) >= 11 is 0. The highest BCUT2D eigenvalue weighted by atomic mass is 32.2. The number of benzene rings is 1. The first kappa shape index (κ1) is 17.8. The average molecular weight is 384 g/mol. The SMILES string of the molecule is Cc1ccc(S(=O)(=O)N2CCCC[C@H]2c2nnc(-c3cccnc3)o2)cc1. The molecule has 1 aromatic carbocycles. The van der Waals surface area contributed by atoms with E-state index in [1.54, 1.807) is 42.7 Å². The zero-order chi connectivity index (χ0) is 18.9. The lowest BCUT2D eigenvalue weighted by Crippen LogP contribution is -2.38. The summed E-state index contributed by atoms with van der Waals surface area (Å²) in [7, 11) is -3.64. The highest BCUT2D eigenvalue weighted by Crippen LogP contribution is 2.35. The number of hydrogen-bond acceptors (Lipinski definition) is 6. The molecule has 1 saturated heterocycles. The van der Waals surface area contributed by atoms with E-state index in [1.165, 1.54) is 4.31 Å². The Labute approximate surface area is 158 Å². The van der Waals surface area contributed by atoms with Crippen LogP contribution in [0, 0.1) is 6.92 Å². The second-order valence-corrected chi connectivity index (χ2v) is 8.52. The van der Waals surface area contributed by atoms with E-state index in [0.29, 0.717) is 30.3 Å². The molecule has 140 valence electrons. The lowest BCUT2D eigenvalue weighted by molar-refractivity contribution is 0.220. The molecular formula is C19H20N4O3S. The monoisotopic (exact) mass is 384 g/mol. The van der Waals surface area contributed by atoms with Crippen LogP contribution in [0.4, 0.5) is 0 Å².